The van der Waals surface area contributed by atoms with Gasteiger partial charge in [-0.15, -0.1) is 0 Å². The Bertz CT molecular complexity index is 485. The average Bonchev–Trinajstić information content (AvgIpc) is 2.39. The topological polar surface area (TPSA) is 38.0 Å². The molecule has 5 rings (SSSR count). The molecule has 20 heavy (non-hydrogen) atoms. The Balaban J connectivity index is 1.50. The predicted molar refractivity (Wildman–Crippen MR) is 83.3 cm³/mol. The fraction of sp³-hybridized carbons (Fsp3) is 0.667. The summed E-state index contributed by atoms with van der Waals surface area (Å²) in [7, 11) is 0. The Morgan fingerprint density at radius 3 is 2.30 bits per heavy atom. The summed E-state index contributed by atoms with van der Waals surface area (Å²) in [5.41, 5.74) is 10.1. The van der Waals surface area contributed by atoms with Crippen molar-refractivity contribution in [1.82, 2.24) is 5.32 Å². The Hall–Kier alpha value is -1.02. The van der Waals surface area contributed by atoms with E-state index in [4.69, 9.17) is 5.73 Å². The van der Waals surface area contributed by atoms with E-state index in [9.17, 15) is 0 Å². The van der Waals surface area contributed by atoms with Crippen LogP contribution in [0.5, 0.6) is 0 Å². The number of hydrogen-bond donors (Lipinski definition) is 2. The van der Waals surface area contributed by atoms with Crippen molar-refractivity contribution in [1.29, 1.82) is 0 Å². The lowest BCUT2D eigenvalue weighted by atomic mass is 9.53. The Morgan fingerprint density at radius 2 is 1.70 bits per heavy atom. The summed E-state index contributed by atoms with van der Waals surface area (Å²) >= 11 is 0. The van der Waals surface area contributed by atoms with E-state index >= 15 is 0 Å². The first kappa shape index (κ1) is 12.7. The van der Waals surface area contributed by atoms with Crippen LogP contribution in [0.2, 0.25) is 0 Å². The van der Waals surface area contributed by atoms with Crippen molar-refractivity contribution in [3.05, 3.63) is 29.3 Å². The van der Waals surface area contributed by atoms with Crippen molar-refractivity contribution in [2.24, 2.45) is 17.8 Å². The van der Waals surface area contributed by atoms with Gasteiger partial charge in [0, 0.05) is 17.8 Å². The van der Waals surface area contributed by atoms with Crippen LogP contribution in [0.15, 0.2) is 18.2 Å². The third-order valence-corrected chi connectivity index (χ3v) is 6.11. The van der Waals surface area contributed by atoms with Gasteiger partial charge in [-0.05, 0) is 74.3 Å². The standard InChI is InChI=1S/C18H26N2/c1-12-3-2-4-16(17(12)19)11-20-18-8-13-5-14(9-18)7-15(6-13)10-18/h2-4,13-15,20H,5-11,19H2,1H3. The Morgan fingerprint density at radius 1 is 1.10 bits per heavy atom. The van der Waals surface area contributed by atoms with Crippen molar-refractivity contribution < 1.29 is 0 Å². The van der Waals surface area contributed by atoms with Crippen LogP contribution in [-0.4, -0.2) is 5.54 Å². The van der Waals surface area contributed by atoms with Crippen LogP contribution in [0.4, 0.5) is 5.69 Å². The second-order valence-electron chi connectivity index (χ2n) is 7.70. The summed E-state index contributed by atoms with van der Waals surface area (Å²) in [4.78, 5) is 0. The van der Waals surface area contributed by atoms with Crippen LogP contribution >= 0.6 is 0 Å². The van der Waals surface area contributed by atoms with Gasteiger partial charge in [0.2, 0.25) is 0 Å². The van der Waals surface area contributed by atoms with E-state index < -0.39 is 0 Å². The first-order chi connectivity index (χ1) is 9.63. The molecule has 1 aromatic carbocycles. The lowest BCUT2D eigenvalue weighted by molar-refractivity contribution is -0.0205. The van der Waals surface area contributed by atoms with Crippen LogP contribution in [0.3, 0.4) is 0 Å². The highest BCUT2D eigenvalue weighted by Gasteiger charge is 2.50. The van der Waals surface area contributed by atoms with Crippen LogP contribution in [0.25, 0.3) is 0 Å². The highest BCUT2D eigenvalue weighted by molar-refractivity contribution is 5.53. The van der Waals surface area contributed by atoms with Crippen molar-refractivity contribution in [3.8, 4) is 0 Å². The molecule has 0 radical (unpaired) electrons. The molecule has 0 amide bonds. The summed E-state index contributed by atoms with van der Waals surface area (Å²) in [6, 6.07) is 6.40. The highest BCUT2D eigenvalue weighted by atomic mass is 15.0. The van der Waals surface area contributed by atoms with Crippen LogP contribution in [0.1, 0.15) is 49.7 Å². The third kappa shape index (κ3) is 2.05. The minimum atomic E-state index is 0.435. The maximum atomic E-state index is 6.22. The van der Waals surface area contributed by atoms with Gasteiger partial charge >= 0.3 is 0 Å². The number of hydrogen-bond acceptors (Lipinski definition) is 2. The largest absolute Gasteiger partial charge is 0.398 e. The molecular weight excluding hydrogens is 244 g/mol. The minimum absolute atomic E-state index is 0.435. The summed E-state index contributed by atoms with van der Waals surface area (Å²) in [6.07, 6.45) is 8.74. The molecule has 0 spiro atoms. The SMILES string of the molecule is Cc1cccc(CNC23CC4CC(CC(C4)C2)C3)c1N. The molecule has 3 N–H and O–H groups in total. The average molecular weight is 270 g/mol. The van der Waals surface area contributed by atoms with E-state index in [2.05, 4.69) is 30.4 Å². The van der Waals surface area contributed by atoms with Crippen LogP contribution < -0.4 is 11.1 Å². The van der Waals surface area contributed by atoms with Crippen molar-refractivity contribution >= 4 is 5.69 Å². The third-order valence-electron chi connectivity index (χ3n) is 6.11. The molecule has 0 aliphatic heterocycles. The van der Waals surface area contributed by atoms with Gasteiger partial charge in [0.1, 0.15) is 0 Å². The predicted octanol–water partition coefficient (Wildman–Crippen LogP) is 3.64. The molecule has 1 aromatic rings. The van der Waals surface area contributed by atoms with Gasteiger partial charge in [-0.3, -0.25) is 0 Å². The minimum Gasteiger partial charge on any atom is -0.398 e. The molecule has 0 heterocycles. The first-order valence-electron chi connectivity index (χ1n) is 8.22. The van der Waals surface area contributed by atoms with Crippen LogP contribution in [0, 0.1) is 24.7 Å². The number of para-hydroxylation sites is 1. The zero-order chi connectivity index (χ0) is 13.7. The molecule has 0 atom stereocenters. The second kappa shape index (κ2) is 4.49. The van der Waals surface area contributed by atoms with Gasteiger partial charge in [0.15, 0.2) is 0 Å². The van der Waals surface area contributed by atoms with Gasteiger partial charge in [-0.2, -0.15) is 0 Å². The van der Waals surface area contributed by atoms with Crippen molar-refractivity contribution in [2.75, 3.05) is 5.73 Å². The lowest BCUT2D eigenvalue weighted by Gasteiger charge is -2.57. The maximum absolute atomic E-state index is 6.22. The molecule has 0 saturated heterocycles. The van der Waals surface area contributed by atoms with Gasteiger partial charge in [-0.1, -0.05) is 18.2 Å². The number of nitrogens with two attached hydrogens (primary N) is 1. The van der Waals surface area contributed by atoms with Crippen LogP contribution in [-0.2, 0) is 6.54 Å². The summed E-state index contributed by atoms with van der Waals surface area (Å²) in [5.74, 6) is 3.01. The van der Waals surface area contributed by atoms with Gasteiger partial charge < -0.3 is 11.1 Å². The summed E-state index contributed by atoms with van der Waals surface area (Å²) in [6.45, 7) is 3.04. The zero-order valence-electron chi connectivity index (χ0n) is 12.5. The molecule has 108 valence electrons. The second-order valence-corrected chi connectivity index (χ2v) is 7.70. The normalized spacial score (nSPS) is 38.4. The molecule has 4 bridgehead atoms. The number of rotatable bonds is 3. The van der Waals surface area contributed by atoms with Crippen molar-refractivity contribution in [2.45, 2.75) is 57.5 Å². The van der Waals surface area contributed by atoms with E-state index in [-0.39, 0.29) is 0 Å². The van der Waals surface area contributed by atoms with E-state index in [1.165, 1.54) is 49.7 Å². The number of nitrogen functional groups attached to an aromatic ring is 1. The molecule has 0 aromatic heterocycles. The van der Waals surface area contributed by atoms with E-state index in [0.29, 0.717) is 5.54 Å². The van der Waals surface area contributed by atoms with Crippen molar-refractivity contribution in [3.63, 3.8) is 0 Å². The fourth-order valence-corrected chi connectivity index (χ4v) is 5.51. The molecule has 2 nitrogen and oxygen atoms in total. The zero-order valence-corrected chi connectivity index (χ0v) is 12.5. The molecule has 4 aliphatic carbocycles. The summed E-state index contributed by atoms with van der Waals surface area (Å²) in [5, 5.41) is 3.93. The van der Waals surface area contributed by atoms with E-state index in [1.807, 2.05) is 0 Å². The maximum Gasteiger partial charge on any atom is 0.0389 e. The molecule has 0 unspecified atom stereocenters. The Labute approximate surface area is 122 Å². The summed E-state index contributed by atoms with van der Waals surface area (Å²) < 4.78 is 0. The first-order valence-corrected chi connectivity index (χ1v) is 8.22. The quantitative estimate of drug-likeness (QED) is 0.823. The monoisotopic (exact) mass is 270 g/mol. The molecule has 4 aliphatic rings. The smallest absolute Gasteiger partial charge is 0.0389 e. The highest BCUT2D eigenvalue weighted by Crippen LogP contribution is 2.55. The molecule has 4 saturated carbocycles. The van der Waals surface area contributed by atoms with Gasteiger partial charge in [-0.25, -0.2) is 0 Å². The van der Waals surface area contributed by atoms with E-state index in [0.717, 1.165) is 30.0 Å². The number of nitrogens with one attached hydrogen (secondary N) is 1. The van der Waals surface area contributed by atoms with E-state index in [1.54, 1.807) is 0 Å². The van der Waals surface area contributed by atoms with Gasteiger partial charge in [0.25, 0.3) is 0 Å². The number of benzene rings is 1. The Kier molecular flexibility index (Phi) is 2.85. The number of aryl methyl sites for hydroxylation is 1. The fourth-order valence-electron chi connectivity index (χ4n) is 5.51. The molecule has 2 heteroatoms. The molecule has 4 fully saturated rings. The number of anilines is 1. The lowest BCUT2D eigenvalue weighted by Crippen LogP contribution is -2.58. The van der Waals surface area contributed by atoms with Gasteiger partial charge in [0.05, 0.1) is 0 Å². The molecular formula is C18H26N2.